The first kappa shape index (κ1) is 19.8. The number of aromatic amines is 1. The van der Waals surface area contributed by atoms with Crippen molar-refractivity contribution < 1.29 is 14.3 Å². The molecule has 148 valence electrons. The van der Waals surface area contributed by atoms with Crippen LogP contribution in [0.3, 0.4) is 0 Å². The lowest BCUT2D eigenvalue weighted by Gasteiger charge is -2.22. The van der Waals surface area contributed by atoms with E-state index < -0.39 is 5.97 Å². The molecule has 3 N–H and O–H groups in total. The number of nitrogens with zero attached hydrogens (tertiary/aromatic N) is 3. The maximum absolute atomic E-state index is 12.5. The molecular formula is C18H21ClN6O3. The number of imidazole rings is 1. The first-order valence-electron chi connectivity index (χ1n) is 8.80. The summed E-state index contributed by atoms with van der Waals surface area (Å²) in [5.41, 5.74) is 1.72. The minimum absolute atomic E-state index is 0. The van der Waals surface area contributed by atoms with E-state index in [0.29, 0.717) is 22.3 Å². The Kier molecular flexibility index (Phi) is 5.96. The molecule has 0 bridgehead atoms. The van der Waals surface area contributed by atoms with Crippen molar-refractivity contribution in [2.24, 2.45) is 0 Å². The minimum Gasteiger partial charge on any atom is -0.465 e. The highest BCUT2D eigenvalue weighted by atomic mass is 35.5. The van der Waals surface area contributed by atoms with Gasteiger partial charge in [0.05, 0.1) is 24.2 Å². The van der Waals surface area contributed by atoms with Crippen LogP contribution in [0.5, 0.6) is 0 Å². The minimum atomic E-state index is -0.482. The third kappa shape index (κ3) is 3.85. The fourth-order valence-electron chi connectivity index (χ4n) is 3.26. The van der Waals surface area contributed by atoms with Gasteiger partial charge in [-0.25, -0.2) is 9.78 Å². The molecule has 1 aliphatic rings. The Morgan fingerprint density at radius 3 is 2.93 bits per heavy atom. The van der Waals surface area contributed by atoms with Crippen LogP contribution >= 0.6 is 12.4 Å². The average Bonchev–Trinajstić information content (AvgIpc) is 3.34. The van der Waals surface area contributed by atoms with E-state index in [4.69, 9.17) is 4.74 Å². The molecule has 1 saturated heterocycles. The van der Waals surface area contributed by atoms with E-state index in [-0.39, 0.29) is 30.3 Å². The monoisotopic (exact) mass is 404 g/mol. The van der Waals surface area contributed by atoms with E-state index in [0.717, 1.165) is 25.9 Å². The van der Waals surface area contributed by atoms with Gasteiger partial charge in [0.15, 0.2) is 5.69 Å². The van der Waals surface area contributed by atoms with Crippen molar-refractivity contribution in [1.82, 2.24) is 25.1 Å². The van der Waals surface area contributed by atoms with E-state index in [1.807, 2.05) is 10.9 Å². The van der Waals surface area contributed by atoms with Gasteiger partial charge in [0.2, 0.25) is 5.95 Å². The zero-order chi connectivity index (χ0) is 18.8. The molecule has 3 aromatic rings. The number of fused-ring (bicyclic) bond motifs is 1. The van der Waals surface area contributed by atoms with Crippen LogP contribution in [0.1, 0.15) is 39.7 Å². The Morgan fingerprint density at radius 2 is 2.18 bits per heavy atom. The van der Waals surface area contributed by atoms with Crippen LogP contribution in [0.2, 0.25) is 0 Å². The lowest BCUT2D eigenvalue weighted by molar-refractivity contribution is 0.0602. The van der Waals surface area contributed by atoms with Gasteiger partial charge in [0.25, 0.3) is 5.91 Å². The van der Waals surface area contributed by atoms with Crippen molar-refractivity contribution in [3.05, 3.63) is 41.7 Å². The summed E-state index contributed by atoms with van der Waals surface area (Å²) in [5.74, 6) is -0.596. The highest BCUT2D eigenvalue weighted by molar-refractivity contribution is 6.05. The largest absolute Gasteiger partial charge is 0.465 e. The van der Waals surface area contributed by atoms with E-state index in [2.05, 4.69) is 25.7 Å². The average molecular weight is 405 g/mol. The molecule has 1 atom stereocenters. The summed E-state index contributed by atoms with van der Waals surface area (Å²) in [6, 6.07) is 7.06. The van der Waals surface area contributed by atoms with E-state index in [1.54, 1.807) is 24.3 Å². The SMILES string of the molecule is COC(=O)c1cccc2[nH]c(NC(=O)c3ccn(C4CCCNC4)n3)nc12.Cl. The van der Waals surface area contributed by atoms with Crippen LogP contribution < -0.4 is 10.6 Å². The second-order valence-corrected chi connectivity index (χ2v) is 6.41. The van der Waals surface area contributed by atoms with Gasteiger partial charge in [0.1, 0.15) is 5.52 Å². The number of piperidine rings is 1. The van der Waals surface area contributed by atoms with E-state index in [9.17, 15) is 9.59 Å². The summed E-state index contributed by atoms with van der Waals surface area (Å²) >= 11 is 0. The molecule has 4 rings (SSSR count). The number of halogens is 1. The number of hydrogen-bond acceptors (Lipinski definition) is 6. The Morgan fingerprint density at radius 1 is 1.32 bits per heavy atom. The van der Waals surface area contributed by atoms with Crippen LogP contribution in [0.4, 0.5) is 5.95 Å². The predicted octanol–water partition coefficient (Wildman–Crippen LogP) is 2.14. The summed E-state index contributed by atoms with van der Waals surface area (Å²) in [6.07, 6.45) is 3.95. The molecule has 1 amide bonds. The number of anilines is 1. The molecule has 28 heavy (non-hydrogen) atoms. The zero-order valence-corrected chi connectivity index (χ0v) is 16.1. The lowest BCUT2D eigenvalue weighted by Crippen LogP contribution is -2.32. The molecule has 0 radical (unpaired) electrons. The molecule has 9 nitrogen and oxygen atoms in total. The van der Waals surface area contributed by atoms with E-state index in [1.165, 1.54) is 7.11 Å². The summed E-state index contributed by atoms with van der Waals surface area (Å²) in [6.45, 7) is 1.87. The molecule has 1 aliphatic heterocycles. The highest BCUT2D eigenvalue weighted by Gasteiger charge is 2.19. The summed E-state index contributed by atoms with van der Waals surface area (Å²) < 4.78 is 6.59. The lowest BCUT2D eigenvalue weighted by atomic mass is 10.1. The van der Waals surface area contributed by atoms with Crippen molar-refractivity contribution in [2.45, 2.75) is 18.9 Å². The maximum Gasteiger partial charge on any atom is 0.340 e. The molecule has 2 aromatic heterocycles. The van der Waals surface area contributed by atoms with Gasteiger partial charge in [0, 0.05) is 12.7 Å². The fraction of sp³-hybridized carbons (Fsp3) is 0.333. The second kappa shape index (κ2) is 8.41. The normalized spacial score (nSPS) is 16.4. The Labute approximate surface area is 167 Å². The number of carbonyl (C=O) groups is 2. The van der Waals surface area contributed by atoms with Gasteiger partial charge in [-0.2, -0.15) is 5.10 Å². The zero-order valence-electron chi connectivity index (χ0n) is 15.3. The number of aromatic nitrogens is 4. The van der Waals surface area contributed by atoms with Crippen molar-refractivity contribution in [1.29, 1.82) is 0 Å². The van der Waals surface area contributed by atoms with Gasteiger partial charge in [-0.05, 0) is 37.6 Å². The first-order valence-corrected chi connectivity index (χ1v) is 8.80. The third-order valence-corrected chi connectivity index (χ3v) is 4.64. The third-order valence-electron chi connectivity index (χ3n) is 4.64. The number of H-pyrrole nitrogens is 1. The number of carbonyl (C=O) groups excluding carboxylic acids is 2. The van der Waals surface area contributed by atoms with Gasteiger partial charge in [-0.3, -0.25) is 14.8 Å². The fourth-order valence-corrected chi connectivity index (χ4v) is 3.26. The number of nitrogens with one attached hydrogen (secondary N) is 3. The Bertz CT molecular complexity index is 992. The number of amides is 1. The van der Waals surface area contributed by atoms with Crippen LogP contribution in [0, 0.1) is 0 Å². The number of rotatable bonds is 4. The molecule has 1 unspecified atom stereocenters. The molecule has 0 saturated carbocycles. The smallest absolute Gasteiger partial charge is 0.340 e. The Hall–Kier alpha value is -2.91. The highest BCUT2D eigenvalue weighted by Crippen LogP contribution is 2.20. The quantitative estimate of drug-likeness (QED) is 0.574. The summed E-state index contributed by atoms with van der Waals surface area (Å²) in [7, 11) is 1.31. The molecule has 3 heterocycles. The topological polar surface area (TPSA) is 114 Å². The first-order chi connectivity index (χ1) is 13.2. The number of ether oxygens (including phenoxy) is 1. The number of para-hydroxylation sites is 1. The standard InChI is InChI=1S/C18H20N6O3.ClH/c1-27-17(26)12-5-2-6-13-15(12)21-18(20-13)22-16(25)14-7-9-24(23-14)11-4-3-8-19-10-11;/h2,5-7,9,11,19H,3-4,8,10H2,1H3,(H2,20,21,22,25);1H. The van der Waals surface area contributed by atoms with Gasteiger partial charge in [-0.1, -0.05) is 6.07 Å². The molecule has 0 aliphatic carbocycles. The van der Waals surface area contributed by atoms with E-state index >= 15 is 0 Å². The molecule has 0 spiro atoms. The molecular weight excluding hydrogens is 384 g/mol. The van der Waals surface area contributed by atoms with Gasteiger partial charge in [-0.15, -0.1) is 12.4 Å². The van der Waals surface area contributed by atoms with Crippen LogP contribution in [0.25, 0.3) is 11.0 Å². The van der Waals surface area contributed by atoms with Crippen LogP contribution in [0.15, 0.2) is 30.5 Å². The predicted molar refractivity (Wildman–Crippen MR) is 106 cm³/mol. The van der Waals surface area contributed by atoms with Crippen molar-refractivity contribution in [3.8, 4) is 0 Å². The van der Waals surface area contributed by atoms with Crippen molar-refractivity contribution in [3.63, 3.8) is 0 Å². The number of benzene rings is 1. The maximum atomic E-state index is 12.5. The van der Waals surface area contributed by atoms with Crippen molar-refractivity contribution >= 4 is 41.3 Å². The second-order valence-electron chi connectivity index (χ2n) is 6.41. The molecule has 10 heteroatoms. The number of methoxy groups -OCH3 is 1. The summed E-state index contributed by atoms with van der Waals surface area (Å²) in [5, 5.41) is 10.4. The van der Waals surface area contributed by atoms with Crippen molar-refractivity contribution in [2.75, 3.05) is 25.5 Å². The van der Waals surface area contributed by atoms with Crippen LogP contribution in [-0.2, 0) is 4.74 Å². The Balaban J connectivity index is 0.00000225. The molecule has 1 fully saturated rings. The number of hydrogen-bond donors (Lipinski definition) is 3. The van der Waals surface area contributed by atoms with Gasteiger partial charge >= 0.3 is 5.97 Å². The van der Waals surface area contributed by atoms with Crippen LogP contribution in [-0.4, -0.2) is 51.8 Å². The number of esters is 1. The molecule has 1 aromatic carbocycles. The van der Waals surface area contributed by atoms with Gasteiger partial charge < -0.3 is 15.0 Å². The summed E-state index contributed by atoms with van der Waals surface area (Å²) in [4.78, 5) is 31.7.